The average molecular weight is 417 g/mol. The van der Waals surface area contributed by atoms with Gasteiger partial charge in [0, 0.05) is 17.9 Å². The first-order valence-corrected chi connectivity index (χ1v) is 12.3. The molecule has 0 N–H and O–H groups in total. The molecule has 0 aromatic heterocycles. The van der Waals surface area contributed by atoms with E-state index in [-0.39, 0.29) is 23.6 Å². The average Bonchev–Trinajstić information content (AvgIpc) is 2.69. The summed E-state index contributed by atoms with van der Waals surface area (Å²) >= 11 is 0. The van der Waals surface area contributed by atoms with Crippen LogP contribution in [0.5, 0.6) is 0 Å². The third kappa shape index (κ3) is 3.96. The van der Waals surface area contributed by atoms with Gasteiger partial charge < -0.3 is 9.47 Å². The number of carbonyl (C=O) groups excluding carboxylic acids is 2. The van der Waals surface area contributed by atoms with E-state index in [9.17, 15) is 9.59 Å². The van der Waals surface area contributed by atoms with Crippen molar-refractivity contribution in [2.75, 3.05) is 0 Å². The van der Waals surface area contributed by atoms with Gasteiger partial charge in [0.2, 0.25) is 0 Å². The molecule has 0 aliphatic heterocycles. The van der Waals surface area contributed by atoms with E-state index in [1.807, 2.05) is 13.8 Å². The summed E-state index contributed by atoms with van der Waals surface area (Å²) in [7, 11) is 0. The van der Waals surface area contributed by atoms with E-state index in [1.165, 1.54) is 70.3 Å². The smallest absolute Gasteiger partial charge is 0.330 e. The Morgan fingerprint density at radius 3 is 2.23 bits per heavy atom. The fourth-order valence-electron chi connectivity index (χ4n) is 8.03. The van der Waals surface area contributed by atoms with Gasteiger partial charge in [0.1, 0.15) is 11.7 Å². The van der Waals surface area contributed by atoms with E-state index in [0.29, 0.717) is 29.6 Å². The number of hydrogen-bond donors (Lipinski definition) is 0. The predicted molar refractivity (Wildman–Crippen MR) is 117 cm³/mol. The quantitative estimate of drug-likeness (QED) is 0.386. The van der Waals surface area contributed by atoms with Gasteiger partial charge in [0.05, 0.1) is 5.92 Å². The van der Waals surface area contributed by atoms with Gasteiger partial charge in [-0.15, -0.1) is 0 Å². The van der Waals surface area contributed by atoms with Crippen molar-refractivity contribution in [3.05, 3.63) is 12.7 Å². The van der Waals surface area contributed by atoms with Gasteiger partial charge in [-0.2, -0.15) is 0 Å². The van der Waals surface area contributed by atoms with Crippen molar-refractivity contribution in [2.24, 2.45) is 35.0 Å². The minimum atomic E-state index is -0.434. The Labute approximate surface area is 182 Å². The number of rotatable bonds is 7. The van der Waals surface area contributed by atoms with Crippen LogP contribution in [0.15, 0.2) is 12.7 Å². The molecule has 4 atom stereocenters. The summed E-state index contributed by atoms with van der Waals surface area (Å²) in [6.45, 7) is 9.69. The first-order chi connectivity index (χ1) is 14.3. The summed E-state index contributed by atoms with van der Waals surface area (Å²) in [4.78, 5) is 24.9. The standard InChI is InChI=1S/C26H40O4/c1-5-23(27)29-18(3)11-17(2)24(28)30-26(20-9-7-6-8-10-20)21-12-19-13-22(26)16-25(4,14-19)15-21/h5,17-22H,1,6-16H2,2-4H3. The summed E-state index contributed by atoms with van der Waals surface area (Å²) < 4.78 is 12.0. The molecule has 4 heteroatoms. The molecule has 5 aliphatic rings. The molecule has 0 spiro atoms. The molecule has 4 bridgehead atoms. The van der Waals surface area contributed by atoms with Crippen molar-refractivity contribution in [2.45, 2.75) is 103 Å². The summed E-state index contributed by atoms with van der Waals surface area (Å²) in [5, 5.41) is 0. The molecule has 30 heavy (non-hydrogen) atoms. The van der Waals surface area contributed by atoms with Gasteiger partial charge in [0.15, 0.2) is 0 Å². The Hall–Kier alpha value is -1.32. The van der Waals surface area contributed by atoms with Crippen LogP contribution in [0.2, 0.25) is 0 Å². The Bertz CT molecular complexity index is 661. The van der Waals surface area contributed by atoms with Crippen LogP contribution < -0.4 is 0 Å². The molecule has 0 aromatic rings. The summed E-state index contributed by atoms with van der Waals surface area (Å²) in [6, 6.07) is 0. The minimum absolute atomic E-state index is 0.0836. The maximum absolute atomic E-state index is 13.4. The third-order valence-corrected chi connectivity index (χ3v) is 8.86. The lowest BCUT2D eigenvalue weighted by Gasteiger charge is -2.66. The van der Waals surface area contributed by atoms with Crippen molar-refractivity contribution in [3.63, 3.8) is 0 Å². The lowest BCUT2D eigenvalue weighted by Crippen LogP contribution is -2.65. The summed E-state index contributed by atoms with van der Waals surface area (Å²) in [5.41, 5.74) is 0.212. The highest BCUT2D eigenvalue weighted by molar-refractivity contribution is 5.81. The highest BCUT2D eigenvalue weighted by Crippen LogP contribution is 2.67. The van der Waals surface area contributed by atoms with Crippen molar-refractivity contribution in [3.8, 4) is 0 Å². The molecule has 0 amide bonds. The molecule has 4 nitrogen and oxygen atoms in total. The highest BCUT2D eigenvalue weighted by atomic mass is 16.6. The van der Waals surface area contributed by atoms with Gasteiger partial charge in [0.25, 0.3) is 0 Å². The summed E-state index contributed by atoms with van der Waals surface area (Å²) in [5.74, 6) is 1.63. The maximum Gasteiger partial charge on any atom is 0.330 e. The van der Waals surface area contributed by atoms with E-state index in [0.717, 1.165) is 5.92 Å². The number of carbonyl (C=O) groups is 2. The molecule has 168 valence electrons. The van der Waals surface area contributed by atoms with E-state index in [1.54, 1.807) is 0 Å². The fourth-order valence-corrected chi connectivity index (χ4v) is 8.03. The van der Waals surface area contributed by atoms with Crippen molar-refractivity contribution in [1.29, 1.82) is 0 Å². The monoisotopic (exact) mass is 416 g/mol. The van der Waals surface area contributed by atoms with Gasteiger partial charge in [-0.3, -0.25) is 4.79 Å². The van der Waals surface area contributed by atoms with Crippen LogP contribution in [-0.4, -0.2) is 23.6 Å². The van der Waals surface area contributed by atoms with E-state index >= 15 is 0 Å². The molecule has 0 aromatic carbocycles. The Morgan fingerprint density at radius 2 is 1.67 bits per heavy atom. The lowest BCUT2D eigenvalue weighted by molar-refractivity contribution is -0.248. The zero-order chi connectivity index (χ0) is 21.5. The Kier molecular flexibility index (Phi) is 6.07. The van der Waals surface area contributed by atoms with Gasteiger partial charge >= 0.3 is 11.9 Å². The SMILES string of the molecule is C=CC(=O)OC(C)CC(C)C(=O)OC1(C2CCCCC2)C2CC3CC1CC(C)(C3)C2. The first kappa shape index (κ1) is 21.9. The zero-order valence-electron chi connectivity index (χ0n) is 19.2. The Morgan fingerprint density at radius 1 is 1.03 bits per heavy atom. The highest BCUT2D eigenvalue weighted by Gasteiger charge is 2.65. The molecule has 0 radical (unpaired) electrons. The van der Waals surface area contributed by atoms with Crippen molar-refractivity contribution in [1.82, 2.24) is 0 Å². The molecule has 5 saturated carbocycles. The zero-order valence-corrected chi connectivity index (χ0v) is 19.2. The molecule has 5 fully saturated rings. The third-order valence-electron chi connectivity index (χ3n) is 8.86. The molecule has 5 rings (SSSR count). The molecule has 5 aliphatic carbocycles. The second-order valence-electron chi connectivity index (χ2n) is 11.4. The molecular weight excluding hydrogens is 376 g/mol. The molecule has 4 unspecified atom stereocenters. The van der Waals surface area contributed by atoms with Crippen molar-refractivity contribution >= 4 is 11.9 Å². The molecular formula is C26H40O4. The van der Waals surface area contributed by atoms with Crippen LogP contribution in [0.25, 0.3) is 0 Å². The number of hydrogen-bond acceptors (Lipinski definition) is 4. The summed E-state index contributed by atoms with van der Waals surface area (Å²) in [6.07, 6.45) is 14.0. The van der Waals surface area contributed by atoms with Gasteiger partial charge in [-0.05, 0) is 75.5 Å². The second kappa shape index (κ2) is 8.31. The topological polar surface area (TPSA) is 52.6 Å². The van der Waals surface area contributed by atoms with E-state index in [4.69, 9.17) is 9.47 Å². The molecule has 0 saturated heterocycles. The maximum atomic E-state index is 13.4. The second-order valence-corrected chi connectivity index (χ2v) is 11.4. The minimum Gasteiger partial charge on any atom is -0.460 e. The largest absolute Gasteiger partial charge is 0.460 e. The lowest BCUT2D eigenvalue weighted by atomic mass is 9.42. The van der Waals surface area contributed by atoms with Crippen LogP contribution in [-0.2, 0) is 19.1 Å². The Balaban J connectivity index is 1.52. The van der Waals surface area contributed by atoms with Crippen LogP contribution >= 0.6 is 0 Å². The normalized spacial score (nSPS) is 39.9. The van der Waals surface area contributed by atoms with Crippen molar-refractivity contribution < 1.29 is 19.1 Å². The number of ether oxygens (including phenoxy) is 2. The van der Waals surface area contributed by atoms with E-state index in [2.05, 4.69) is 13.5 Å². The fraction of sp³-hybridized carbons (Fsp3) is 0.846. The molecule has 0 heterocycles. The number of esters is 2. The van der Waals surface area contributed by atoms with Crippen LogP contribution in [0.4, 0.5) is 0 Å². The van der Waals surface area contributed by atoms with Crippen LogP contribution in [0, 0.1) is 35.0 Å². The van der Waals surface area contributed by atoms with Crippen LogP contribution in [0.3, 0.4) is 0 Å². The predicted octanol–water partition coefficient (Wildman–Crippen LogP) is 5.84. The van der Waals surface area contributed by atoms with E-state index < -0.39 is 5.97 Å². The van der Waals surface area contributed by atoms with Gasteiger partial charge in [-0.1, -0.05) is 39.7 Å². The van der Waals surface area contributed by atoms with Gasteiger partial charge in [-0.25, -0.2) is 4.79 Å². The van der Waals surface area contributed by atoms with Crippen LogP contribution in [0.1, 0.15) is 91.4 Å². The first-order valence-electron chi connectivity index (χ1n) is 12.3.